The Morgan fingerprint density at radius 3 is 1.72 bits per heavy atom. The Kier molecular flexibility index (Phi) is 15.7. The number of hydrogen-bond donors (Lipinski definition) is 1. The molecule has 0 radical (unpaired) electrons. The molecule has 3 rings (SSSR count). The number of alkyl halides is 7. The van der Waals surface area contributed by atoms with Crippen molar-refractivity contribution in [1.29, 1.82) is 0 Å². The monoisotopic (exact) mass is 685 g/mol. The highest BCUT2D eigenvalue weighted by atomic mass is 32.2. The summed E-state index contributed by atoms with van der Waals surface area (Å²) in [6, 6.07) is 7.48. The summed E-state index contributed by atoms with van der Waals surface area (Å²) in [6.07, 6.45) is -7.89. The fraction of sp³-hybridized carbons (Fsp3) is 0.531. The lowest BCUT2D eigenvalue weighted by atomic mass is 9.77. The number of halogens is 8. The van der Waals surface area contributed by atoms with E-state index in [2.05, 4.69) is 19.2 Å². The molecule has 0 aromatic heterocycles. The molecule has 1 aliphatic rings. The van der Waals surface area contributed by atoms with E-state index in [0.29, 0.717) is 24.6 Å². The van der Waals surface area contributed by atoms with Crippen LogP contribution in [-0.2, 0) is 35.6 Å². The van der Waals surface area contributed by atoms with Gasteiger partial charge in [-0.25, -0.2) is 8.78 Å². The molecule has 0 spiro atoms. The van der Waals surface area contributed by atoms with Crippen molar-refractivity contribution in [1.82, 2.24) is 5.32 Å². The molecule has 0 saturated heterocycles. The zero-order valence-electron chi connectivity index (χ0n) is 25.6. The summed E-state index contributed by atoms with van der Waals surface area (Å²) in [5.74, 6) is -0.841. The van der Waals surface area contributed by atoms with Crippen LogP contribution in [0.25, 0.3) is 0 Å². The van der Waals surface area contributed by atoms with E-state index in [4.69, 9.17) is 9.59 Å². The van der Waals surface area contributed by atoms with E-state index in [1.54, 1.807) is 0 Å². The molecular weight excluding hydrogens is 646 g/mol. The van der Waals surface area contributed by atoms with Crippen molar-refractivity contribution < 1.29 is 53.7 Å². The standard InChI is InChI=1S/C30H35F8NO2S.2CH2O/c1-3-5-20(6-4-2)19-39-26(40)21-15-17-27(18-16-21,42(41)25-13-11-24(31)12-14-25)22-7-9-23(10-8-22)28(32,29(33,34)35)30(36,37)38;2*1-2/h7-14,20-21H,3-6,15-19H2,1-2H3,(H,39,40);2*1H2. The smallest absolute Gasteiger partial charge is 0.356 e. The van der Waals surface area contributed by atoms with Crippen LogP contribution >= 0.6 is 0 Å². The summed E-state index contributed by atoms with van der Waals surface area (Å²) in [7, 11) is -1.93. The molecule has 2 aromatic carbocycles. The molecule has 1 unspecified atom stereocenters. The first-order valence-corrected chi connectivity index (χ1v) is 15.7. The summed E-state index contributed by atoms with van der Waals surface area (Å²) < 4.78 is 121. The summed E-state index contributed by atoms with van der Waals surface area (Å²) in [6.45, 7) is 8.66. The van der Waals surface area contributed by atoms with E-state index >= 15 is 0 Å². The Bertz CT molecular complexity index is 1220. The molecule has 1 N–H and O–H groups in total. The van der Waals surface area contributed by atoms with Crippen LogP contribution in [0.5, 0.6) is 0 Å². The summed E-state index contributed by atoms with van der Waals surface area (Å²) in [4.78, 5) is 29.2. The predicted octanol–water partition coefficient (Wildman–Crippen LogP) is 8.27. The normalized spacial score (nSPS) is 19.2. The number of nitrogens with one attached hydrogen (secondary N) is 1. The van der Waals surface area contributed by atoms with Gasteiger partial charge in [0, 0.05) is 22.9 Å². The van der Waals surface area contributed by atoms with Crippen LogP contribution in [0.1, 0.15) is 76.3 Å². The van der Waals surface area contributed by atoms with E-state index in [-0.39, 0.29) is 42.0 Å². The minimum atomic E-state index is -6.26. The Morgan fingerprint density at radius 1 is 0.848 bits per heavy atom. The summed E-state index contributed by atoms with van der Waals surface area (Å²) in [5, 5.41) is 3.00. The molecular formula is C32H39F8NO4S. The quantitative estimate of drug-likeness (QED) is 0.242. The summed E-state index contributed by atoms with van der Waals surface area (Å²) >= 11 is 0. The van der Waals surface area contributed by atoms with Crippen LogP contribution < -0.4 is 5.32 Å². The number of benzene rings is 2. The minimum Gasteiger partial charge on any atom is -0.356 e. The van der Waals surface area contributed by atoms with Crippen LogP contribution in [0.3, 0.4) is 0 Å². The molecule has 14 heteroatoms. The first-order valence-electron chi connectivity index (χ1n) is 14.6. The van der Waals surface area contributed by atoms with Gasteiger partial charge in [-0.05, 0) is 74.3 Å². The lowest BCUT2D eigenvalue weighted by molar-refractivity contribution is -0.348. The molecule has 5 nitrogen and oxygen atoms in total. The number of rotatable bonds is 11. The van der Waals surface area contributed by atoms with Gasteiger partial charge in [0.2, 0.25) is 5.91 Å². The van der Waals surface area contributed by atoms with Crippen LogP contribution in [0.15, 0.2) is 53.4 Å². The number of carbonyl (C=O) groups is 3. The van der Waals surface area contributed by atoms with Crippen LogP contribution in [-0.4, -0.2) is 42.6 Å². The third-order valence-electron chi connectivity index (χ3n) is 8.10. The fourth-order valence-electron chi connectivity index (χ4n) is 5.76. The fourth-order valence-corrected chi connectivity index (χ4v) is 7.55. The van der Waals surface area contributed by atoms with Gasteiger partial charge in [0.25, 0.3) is 0 Å². The molecule has 258 valence electrons. The van der Waals surface area contributed by atoms with Crippen molar-refractivity contribution >= 4 is 30.3 Å². The predicted molar refractivity (Wildman–Crippen MR) is 158 cm³/mol. The van der Waals surface area contributed by atoms with Gasteiger partial charge in [0.1, 0.15) is 19.4 Å². The highest BCUT2D eigenvalue weighted by molar-refractivity contribution is 7.86. The summed E-state index contributed by atoms with van der Waals surface area (Å²) in [5.41, 5.74) is -7.09. The zero-order chi connectivity index (χ0) is 35.3. The van der Waals surface area contributed by atoms with Gasteiger partial charge in [-0.3, -0.25) is 9.00 Å². The van der Waals surface area contributed by atoms with Crippen LogP contribution in [0.4, 0.5) is 35.1 Å². The second-order valence-corrected chi connectivity index (χ2v) is 12.7. The molecule has 46 heavy (non-hydrogen) atoms. The Hall–Kier alpha value is -3.16. The molecule has 1 amide bonds. The lowest BCUT2D eigenvalue weighted by Gasteiger charge is -2.40. The lowest BCUT2D eigenvalue weighted by Crippen LogP contribution is -2.50. The van der Waals surface area contributed by atoms with Crippen molar-refractivity contribution in [2.75, 3.05) is 6.54 Å². The van der Waals surface area contributed by atoms with Gasteiger partial charge >= 0.3 is 18.0 Å². The molecule has 2 aromatic rings. The maximum Gasteiger partial charge on any atom is 0.435 e. The van der Waals surface area contributed by atoms with Gasteiger partial charge in [-0.2, -0.15) is 26.3 Å². The van der Waals surface area contributed by atoms with Gasteiger partial charge in [0.05, 0.1) is 15.5 Å². The first kappa shape index (κ1) is 40.9. The molecule has 1 fully saturated rings. The molecule has 1 atom stereocenters. The molecule has 0 aliphatic heterocycles. The second kappa shape index (κ2) is 17.7. The zero-order valence-corrected chi connectivity index (χ0v) is 26.4. The van der Waals surface area contributed by atoms with Gasteiger partial charge in [0.15, 0.2) is 0 Å². The maximum atomic E-state index is 14.6. The third kappa shape index (κ3) is 9.22. The average molecular weight is 686 g/mol. The SMILES string of the molecule is C=O.C=O.CCCC(CCC)CNC(=O)C1CCC(c2ccc(C(F)(C(F)(F)F)C(F)(F)F)cc2)(S(=O)c2ccc(F)cc2)CC1. The second-order valence-electron chi connectivity index (χ2n) is 10.9. The number of carbonyl (C=O) groups excluding carboxylic acids is 3. The topological polar surface area (TPSA) is 80.3 Å². The number of hydrogen-bond acceptors (Lipinski definition) is 4. The maximum absolute atomic E-state index is 14.6. The number of amides is 1. The van der Waals surface area contributed by atoms with Gasteiger partial charge in [-0.15, -0.1) is 0 Å². The Morgan fingerprint density at radius 2 is 1.30 bits per heavy atom. The van der Waals surface area contributed by atoms with Crippen molar-refractivity contribution in [3.8, 4) is 0 Å². The van der Waals surface area contributed by atoms with E-state index in [1.807, 2.05) is 13.6 Å². The van der Waals surface area contributed by atoms with Crippen LogP contribution in [0.2, 0.25) is 0 Å². The Balaban J connectivity index is 0.00000254. The van der Waals surface area contributed by atoms with E-state index in [1.165, 1.54) is 12.1 Å². The van der Waals surface area contributed by atoms with Crippen molar-refractivity contribution in [3.05, 3.63) is 65.5 Å². The third-order valence-corrected chi connectivity index (χ3v) is 10.1. The van der Waals surface area contributed by atoms with Gasteiger partial charge in [-0.1, -0.05) is 51.0 Å². The molecule has 0 bridgehead atoms. The van der Waals surface area contributed by atoms with Crippen LogP contribution in [0, 0.1) is 17.7 Å². The van der Waals surface area contributed by atoms with Crippen molar-refractivity contribution in [2.24, 2.45) is 11.8 Å². The minimum absolute atomic E-state index is 0.112. The molecule has 0 heterocycles. The van der Waals surface area contributed by atoms with Crippen molar-refractivity contribution in [2.45, 2.75) is 92.9 Å². The van der Waals surface area contributed by atoms with Gasteiger partial charge < -0.3 is 14.9 Å². The van der Waals surface area contributed by atoms with E-state index in [0.717, 1.165) is 49.9 Å². The molecule has 1 saturated carbocycles. The highest BCUT2D eigenvalue weighted by Crippen LogP contribution is 2.54. The Labute approximate surface area is 266 Å². The highest BCUT2D eigenvalue weighted by Gasteiger charge is 2.73. The van der Waals surface area contributed by atoms with E-state index in [9.17, 15) is 44.1 Å². The van der Waals surface area contributed by atoms with Crippen molar-refractivity contribution in [3.63, 3.8) is 0 Å². The average Bonchev–Trinajstić information content (AvgIpc) is 3.04. The largest absolute Gasteiger partial charge is 0.435 e. The van der Waals surface area contributed by atoms with E-state index < -0.39 is 50.9 Å². The first-order chi connectivity index (χ1) is 21.6. The molecule has 1 aliphatic carbocycles.